The van der Waals surface area contributed by atoms with Crippen LogP contribution in [0, 0.1) is 11.3 Å². The number of rotatable bonds is 8. The van der Waals surface area contributed by atoms with E-state index >= 15 is 0 Å². The van der Waals surface area contributed by atoms with Gasteiger partial charge in [-0.05, 0) is 53.1 Å². The number of nitriles is 1. The summed E-state index contributed by atoms with van der Waals surface area (Å²) >= 11 is 0. The molecule has 0 fully saturated rings. The first-order valence-electron chi connectivity index (χ1n) is 20.8. The van der Waals surface area contributed by atoms with Crippen LogP contribution < -0.4 is 5.32 Å². The maximum Gasteiger partial charge on any atom is 0.164 e. The number of aromatic nitrogens is 4. The van der Waals surface area contributed by atoms with Crippen molar-refractivity contribution >= 4 is 33.5 Å². The SMILES string of the molecule is N#Cc1ccc(-c2ccc(-n3c4ccccc4c4ccc(C5=NC(c6ccccc6)NC(c6ccccc6)=N5)cc43)cc2-c2nc(-c3ccccc3)nc(-c3ccccc3)n2)cc1. The molecule has 63 heavy (non-hydrogen) atoms. The number of hydrogen-bond donors (Lipinski definition) is 1. The van der Waals surface area contributed by atoms with Crippen LogP contribution in [0.15, 0.2) is 216 Å². The minimum absolute atomic E-state index is 0.324. The van der Waals surface area contributed by atoms with Gasteiger partial charge in [-0.2, -0.15) is 5.26 Å². The van der Waals surface area contributed by atoms with Gasteiger partial charge in [0.05, 0.1) is 22.7 Å². The largest absolute Gasteiger partial charge is 0.344 e. The van der Waals surface area contributed by atoms with Gasteiger partial charge in [-0.1, -0.05) is 170 Å². The maximum absolute atomic E-state index is 9.66. The lowest BCUT2D eigenvalue weighted by Gasteiger charge is -2.23. The van der Waals surface area contributed by atoms with Gasteiger partial charge in [-0.15, -0.1) is 0 Å². The highest BCUT2D eigenvalue weighted by molar-refractivity contribution is 6.16. The van der Waals surface area contributed by atoms with Crippen molar-refractivity contribution in [1.82, 2.24) is 24.8 Å². The number of hydrogen-bond acceptors (Lipinski definition) is 7. The second-order valence-corrected chi connectivity index (χ2v) is 15.3. The summed E-state index contributed by atoms with van der Waals surface area (Å²) in [5, 5.41) is 15.5. The summed E-state index contributed by atoms with van der Waals surface area (Å²) in [4.78, 5) is 25.7. The Morgan fingerprint density at radius 2 is 1.03 bits per heavy atom. The number of fused-ring (bicyclic) bond motifs is 3. The van der Waals surface area contributed by atoms with Crippen molar-refractivity contribution in [3.8, 4) is 57.0 Å². The van der Waals surface area contributed by atoms with E-state index in [2.05, 4.69) is 101 Å². The Kier molecular flexibility index (Phi) is 9.45. The van der Waals surface area contributed by atoms with Crippen LogP contribution >= 0.6 is 0 Å². The first kappa shape index (κ1) is 37.2. The van der Waals surface area contributed by atoms with Crippen molar-refractivity contribution in [2.45, 2.75) is 6.17 Å². The van der Waals surface area contributed by atoms with E-state index in [4.69, 9.17) is 24.9 Å². The van der Waals surface area contributed by atoms with Crippen molar-refractivity contribution in [1.29, 1.82) is 5.26 Å². The fourth-order valence-corrected chi connectivity index (χ4v) is 8.28. The van der Waals surface area contributed by atoms with Crippen molar-refractivity contribution in [3.05, 3.63) is 229 Å². The van der Waals surface area contributed by atoms with Crippen LogP contribution in [0.5, 0.6) is 0 Å². The number of benzene rings is 8. The van der Waals surface area contributed by atoms with E-state index in [1.54, 1.807) is 0 Å². The van der Waals surface area contributed by atoms with E-state index < -0.39 is 0 Å². The fourth-order valence-electron chi connectivity index (χ4n) is 8.28. The van der Waals surface area contributed by atoms with Crippen LogP contribution in [0.4, 0.5) is 0 Å². The molecule has 3 heterocycles. The molecule has 11 rings (SSSR count). The second-order valence-electron chi connectivity index (χ2n) is 15.3. The molecule has 1 N–H and O–H groups in total. The summed E-state index contributed by atoms with van der Waals surface area (Å²) in [5.41, 5.74) is 11.0. The van der Waals surface area contributed by atoms with Crippen LogP contribution in [-0.4, -0.2) is 31.2 Å². The third kappa shape index (κ3) is 7.10. The molecule has 0 spiro atoms. The van der Waals surface area contributed by atoms with Crippen LogP contribution in [0.3, 0.4) is 0 Å². The Morgan fingerprint density at radius 1 is 0.460 bits per heavy atom. The highest BCUT2D eigenvalue weighted by Crippen LogP contribution is 2.38. The monoisotopic (exact) mass is 808 g/mol. The number of amidine groups is 2. The number of para-hydroxylation sites is 1. The van der Waals surface area contributed by atoms with E-state index in [9.17, 15) is 5.26 Å². The molecule has 0 saturated heterocycles. The molecule has 0 amide bonds. The van der Waals surface area contributed by atoms with Gasteiger partial charge in [0.1, 0.15) is 12.0 Å². The van der Waals surface area contributed by atoms with Crippen LogP contribution in [0.1, 0.15) is 28.4 Å². The Hall–Kier alpha value is -8.80. The molecular formula is C55H36N8. The molecule has 0 radical (unpaired) electrons. The summed E-state index contributed by atoms with van der Waals surface area (Å²) < 4.78 is 2.30. The summed E-state index contributed by atoms with van der Waals surface area (Å²) in [6.07, 6.45) is -0.324. The van der Waals surface area contributed by atoms with E-state index in [-0.39, 0.29) is 6.17 Å². The molecule has 0 bridgehead atoms. The highest BCUT2D eigenvalue weighted by Gasteiger charge is 2.23. The first-order valence-corrected chi connectivity index (χ1v) is 20.8. The summed E-state index contributed by atoms with van der Waals surface area (Å²) in [6, 6.07) is 71.8. The van der Waals surface area contributed by atoms with E-state index in [0.717, 1.165) is 77.8 Å². The van der Waals surface area contributed by atoms with Crippen molar-refractivity contribution in [2.75, 3.05) is 0 Å². The second kappa shape index (κ2) is 16.0. The van der Waals surface area contributed by atoms with Gasteiger partial charge < -0.3 is 9.88 Å². The third-order valence-corrected chi connectivity index (χ3v) is 11.4. The zero-order valence-electron chi connectivity index (χ0n) is 33.8. The average molecular weight is 809 g/mol. The fraction of sp³-hybridized carbons (Fsp3) is 0.0182. The minimum Gasteiger partial charge on any atom is -0.344 e. The lowest BCUT2D eigenvalue weighted by molar-refractivity contribution is 0.674. The maximum atomic E-state index is 9.66. The van der Waals surface area contributed by atoms with Crippen molar-refractivity contribution in [2.24, 2.45) is 9.98 Å². The first-order chi connectivity index (χ1) is 31.2. The quantitative estimate of drug-likeness (QED) is 0.165. The van der Waals surface area contributed by atoms with Crippen LogP contribution in [0.25, 0.3) is 72.8 Å². The molecule has 1 aliphatic rings. The summed E-state index contributed by atoms with van der Waals surface area (Å²) in [5.74, 6) is 3.08. The molecule has 296 valence electrons. The molecule has 8 heteroatoms. The van der Waals surface area contributed by atoms with Crippen molar-refractivity contribution in [3.63, 3.8) is 0 Å². The number of nitrogens with one attached hydrogen (secondary N) is 1. The Bertz CT molecular complexity index is 3350. The highest BCUT2D eigenvalue weighted by atomic mass is 15.2. The average Bonchev–Trinajstić information content (AvgIpc) is 3.70. The molecule has 2 aromatic heterocycles. The molecule has 8 nitrogen and oxygen atoms in total. The normalized spacial score (nSPS) is 13.5. The zero-order valence-corrected chi connectivity index (χ0v) is 33.8. The van der Waals surface area contributed by atoms with Crippen molar-refractivity contribution < 1.29 is 0 Å². The standard InChI is InChI=1S/C55H36N8/c56-35-36-25-27-37(28-26-36)44-32-30-43(34-47(44)55-61-52(40-19-9-3-10-20-40)58-53(62-55)41-21-11-4-12-22-41)63-48-24-14-13-23-45(48)46-31-29-42(33-49(46)63)54-59-50(38-15-5-1-6-16-38)57-51(60-54)39-17-7-2-8-18-39/h1-34,50H,(H,57,59,60). The minimum atomic E-state index is -0.324. The summed E-state index contributed by atoms with van der Waals surface area (Å²) in [6.45, 7) is 0. The molecule has 0 aliphatic carbocycles. The summed E-state index contributed by atoms with van der Waals surface area (Å²) in [7, 11) is 0. The van der Waals surface area contributed by atoms with Gasteiger partial charge in [0.25, 0.3) is 0 Å². The number of aliphatic imine (C=N–C) groups is 2. The molecule has 1 atom stereocenters. The molecule has 1 unspecified atom stereocenters. The van der Waals surface area contributed by atoms with Gasteiger partial charge in [-0.3, -0.25) is 0 Å². The van der Waals surface area contributed by atoms with E-state index in [1.807, 2.05) is 121 Å². The Morgan fingerprint density at radius 3 is 1.70 bits per heavy atom. The Balaban J connectivity index is 1.13. The lowest BCUT2D eigenvalue weighted by Crippen LogP contribution is -2.33. The van der Waals surface area contributed by atoms with E-state index in [0.29, 0.717) is 28.9 Å². The van der Waals surface area contributed by atoms with E-state index in [1.165, 1.54) is 0 Å². The predicted octanol–water partition coefficient (Wildman–Crippen LogP) is 12.0. The lowest BCUT2D eigenvalue weighted by atomic mass is 9.97. The van der Waals surface area contributed by atoms with Crippen LogP contribution in [-0.2, 0) is 0 Å². The van der Waals surface area contributed by atoms with Crippen LogP contribution in [0.2, 0.25) is 0 Å². The molecule has 10 aromatic rings. The smallest absolute Gasteiger partial charge is 0.164 e. The van der Waals surface area contributed by atoms with Gasteiger partial charge >= 0.3 is 0 Å². The molecule has 0 saturated carbocycles. The molecule has 8 aromatic carbocycles. The predicted molar refractivity (Wildman–Crippen MR) is 252 cm³/mol. The topological polar surface area (TPSA) is 104 Å². The van der Waals surface area contributed by atoms with Gasteiger partial charge in [0.15, 0.2) is 23.3 Å². The van der Waals surface area contributed by atoms with Gasteiger partial charge in [0.2, 0.25) is 0 Å². The van der Waals surface area contributed by atoms with Gasteiger partial charge in [0, 0.05) is 44.3 Å². The Labute approximate surface area is 363 Å². The molecular weight excluding hydrogens is 773 g/mol. The number of nitrogens with zero attached hydrogens (tertiary/aromatic N) is 7. The zero-order chi connectivity index (χ0) is 42.1. The third-order valence-electron chi connectivity index (χ3n) is 11.4. The van der Waals surface area contributed by atoms with Gasteiger partial charge in [-0.25, -0.2) is 24.9 Å². The molecule has 1 aliphatic heterocycles.